The van der Waals surface area contributed by atoms with Crippen LogP contribution in [-0.2, 0) is 11.3 Å². The van der Waals surface area contributed by atoms with Crippen LogP contribution in [0, 0.1) is 0 Å². The SMILES string of the molecule is Brc1ccc(CN2CCSC3(CCOCC3)C2)o1. The number of halogens is 1. The molecular formula is C13H18BrNO2S. The van der Waals surface area contributed by atoms with E-state index < -0.39 is 0 Å². The molecule has 0 unspecified atom stereocenters. The van der Waals surface area contributed by atoms with Gasteiger partial charge in [-0.25, -0.2) is 0 Å². The minimum absolute atomic E-state index is 0.431. The predicted molar refractivity (Wildman–Crippen MR) is 76.9 cm³/mol. The first kappa shape index (κ1) is 13.0. The molecule has 0 N–H and O–H groups in total. The average molecular weight is 332 g/mol. The lowest BCUT2D eigenvalue weighted by Gasteiger charge is -2.44. The highest BCUT2D eigenvalue weighted by atomic mass is 79.9. The maximum Gasteiger partial charge on any atom is 0.169 e. The van der Waals surface area contributed by atoms with Gasteiger partial charge < -0.3 is 9.15 Å². The van der Waals surface area contributed by atoms with Crippen molar-refractivity contribution in [3.05, 3.63) is 22.6 Å². The molecule has 0 bridgehead atoms. The molecular weight excluding hydrogens is 314 g/mol. The van der Waals surface area contributed by atoms with Gasteiger partial charge in [-0.1, -0.05) is 0 Å². The molecule has 18 heavy (non-hydrogen) atoms. The quantitative estimate of drug-likeness (QED) is 0.831. The van der Waals surface area contributed by atoms with Crippen LogP contribution in [0.1, 0.15) is 18.6 Å². The zero-order chi connectivity index (χ0) is 12.4. The average Bonchev–Trinajstić information content (AvgIpc) is 2.76. The molecule has 0 saturated carbocycles. The van der Waals surface area contributed by atoms with Gasteiger partial charge in [0.25, 0.3) is 0 Å². The van der Waals surface area contributed by atoms with Crippen LogP contribution < -0.4 is 0 Å². The fraction of sp³-hybridized carbons (Fsp3) is 0.692. The molecule has 0 amide bonds. The third-order valence-corrected chi connectivity index (χ3v) is 5.70. The van der Waals surface area contributed by atoms with E-state index in [4.69, 9.17) is 9.15 Å². The van der Waals surface area contributed by atoms with Crippen LogP contribution in [0.15, 0.2) is 21.2 Å². The Morgan fingerprint density at radius 1 is 1.33 bits per heavy atom. The van der Waals surface area contributed by atoms with Crippen molar-refractivity contribution in [1.29, 1.82) is 0 Å². The summed E-state index contributed by atoms with van der Waals surface area (Å²) < 4.78 is 12.4. The number of thioether (sulfide) groups is 1. The van der Waals surface area contributed by atoms with E-state index in [1.807, 2.05) is 6.07 Å². The second-order valence-corrected chi connectivity index (χ2v) is 7.40. The van der Waals surface area contributed by atoms with Gasteiger partial charge in [0, 0.05) is 36.8 Å². The molecule has 0 aliphatic carbocycles. The van der Waals surface area contributed by atoms with Crippen molar-refractivity contribution in [3.63, 3.8) is 0 Å². The second-order valence-electron chi connectivity index (χ2n) is 5.06. The van der Waals surface area contributed by atoms with Crippen LogP contribution in [0.4, 0.5) is 0 Å². The van der Waals surface area contributed by atoms with Gasteiger partial charge in [0.1, 0.15) is 5.76 Å². The van der Waals surface area contributed by atoms with Gasteiger partial charge in [-0.2, -0.15) is 11.8 Å². The summed E-state index contributed by atoms with van der Waals surface area (Å²) in [6, 6.07) is 4.03. The molecule has 3 rings (SSSR count). The van der Waals surface area contributed by atoms with Gasteiger partial charge in [-0.05, 0) is 40.9 Å². The van der Waals surface area contributed by atoms with Crippen LogP contribution in [-0.4, -0.2) is 41.7 Å². The monoisotopic (exact) mass is 331 g/mol. The number of nitrogens with zero attached hydrogens (tertiary/aromatic N) is 1. The minimum Gasteiger partial charge on any atom is -0.453 e. The maximum absolute atomic E-state index is 5.61. The van der Waals surface area contributed by atoms with E-state index in [1.165, 1.54) is 25.1 Å². The van der Waals surface area contributed by atoms with Gasteiger partial charge in [0.2, 0.25) is 0 Å². The highest BCUT2D eigenvalue weighted by Crippen LogP contribution is 2.39. The fourth-order valence-corrected chi connectivity index (χ4v) is 4.61. The van der Waals surface area contributed by atoms with Crippen LogP contribution in [0.5, 0.6) is 0 Å². The number of hydrogen-bond acceptors (Lipinski definition) is 4. The third kappa shape index (κ3) is 2.95. The highest BCUT2D eigenvalue weighted by Gasteiger charge is 2.37. The molecule has 0 radical (unpaired) electrons. The molecule has 2 saturated heterocycles. The summed E-state index contributed by atoms with van der Waals surface area (Å²) in [6.45, 7) is 5.10. The fourth-order valence-electron chi connectivity index (χ4n) is 2.76. The first-order valence-corrected chi connectivity index (χ1v) is 8.22. The Morgan fingerprint density at radius 3 is 2.89 bits per heavy atom. The molecule has 1 spiro atoms. The van der Waals surface area contributed by atoms with E-state index in [2.05, 4.69) is 38.7 Å². The van der Waals surface area contributed by atoms with Crippen LogP contribution in [0.3, 0.4) is 0 Å². The van der Waals surface area contributed by atoms with Crippen LogP contribution in [0.25, 0.3) is 0 Å². The number of ether oxygens (including phenoxy) is 1. The Kier molecular flexibility index (Phi) is 4.03. The van der Waals surface area contributed by atoms with Crippen LogP contribution in [0.2, 0.25) is 0 Å². The van der Waals surface area contributed by atoms with E-state index in [1.54, 1.807) is 0 Å². The van der Waals surface area contributed by atoms with Crippen molar-refractivity contribution in [2.75, 3.05) is 32.1 Å². The van der Waals surface area contributed by atoms with Crippen molar-refractivity contribution < 1.29 is 9.15 Å². The molecule has 1 aromatic rings. The predicted octanol–water partition coefficient (Wildman–Crippen LogP) is 3.14. The Labute approximate surface area is 120 Å². The molecule has 0 atom stereocenters. The van der Waals surface area contributed by atoms with Gasteiger partial charge >= 0.3 is 0 Å². The summed E-state index contributed by atoms with van der Waals surface area (Å²) in [6.07, 6.45) is 2.38. The highest BCUT2D eigenvalue weighted by molar-refractivity contribution is 9.10. The van der Waals surface area contributed by atoms with E-state index in [0.717, 1.165) is 36.7 Å². The largest absolute Gasteiger partial charge is 0.453 e. The van der Waals surface area contributed by atoms with Crippen molar-refractivity contribution >= 4 is 27.7 Å². The normalized spacial score (nSPS) is 24.5. The van der Waals surface area contributed by atoms with E-state index in [-0.39, 0.29) is 0 Å². The molecule has 3 nitrogen and oxygen atoms in total. The molecule has 2 aliphatic rings. The molecule has 5 heteroatoms. The van der Waals surface area contributed by atoms with Gasteiger partial charge in [-0.3, -0.25) is 4.90 Å². The lowest BCUT2D eigenvalue weighted by Crippen LogP contribution is -2.49. The van der Waals surface area contributed by atoms with E-state index in [0.29, 0.717) is 4.75 Å². The summed E-state index contributed by atoms with van der Waals surface area (Å²) in [5.74, 6) is 2.28. The first-order valence-electron chi connectivity index (χ1n) is 6.44. The number of rotatable bonds is 2. The van der Waals surface area contributed by atoms with E-state index in [9.17, 15) is 0 Å². The Hall–Kier alpha value is 0.0300. The zero-order valence-electron chi connectivity index (χ0n) is 10.4. The summed E-state index contributed by atoms with van der Waals surface area (Å²) in [4.78, 5) is 2.52. The number of furan rings is 1. The van der Waals surface area contributed by atoms with Crippen molar-refractivity contribution in [2.24, 2.45) is 0 Å². The lowest BCUT2D eigenvalue weighted by atomic mass is 9.98. The maximum atomic E-state index is 5.61. The Morgan fingerprint density at radius 2 is 2.17 bits per heavy atom. The molecule has 100 valence electrons. The third-order valence-electron chi connectivity index (χ3n) is 3.74. The zero-order valence-corrected chi connectivity index (χ0v) is 12.8. The first-order chi connectivity index (χ1) is 8.76. The van der Waals surface area contributed by atoms with Crippen molar-refractivity contribution in [1.82, 2.24) is 4.90 Å². The summed E-state index contributed by atoms with van der Waals surface area (Å²) >= 11 is 5.51. The summed E-state index contributed by atoms with van der Waals surface area (Å²) in [5.41, 5.74) is 0. The topological polar surface area (TPSA) is 25.6 Å². The molecule has 3 heterocycles. The van der Waals surface area contributed by atoms with Gasteiger partial charge in [0.15, 0.2) is 4.67 Å². The summed E-state index contributed by atoms with van der Waals surface area (Å²) in [7, 11) is 0. The Balaban J connectivity index is 1.63. The second kappa shape index (κ2) is 5.57. The van der Waals surface area contributed by atoms with Gasteiger partial charge in [-0.15, -0.1) is 0 Å². The molecule has 2 fully saturated rings. The number of hydrogen-bond donors (Lipinski definition) is 0. The Bertz CT molecular complexity index is 398. The lowest BCUT2D eigenvalue weighted by molar-refractivity contribution is 0.0615. The smallest absolute Gasteiger partial charge is 0.169 e. The van der Waals surface area contributed by atoms with Crippen LogP contribution >= 0.6 is 27.7 Å². The van der Waals surface area contributed by atoms with E-state index >= 15 is 0 Å². The van der Waals surface area contributed by atoms with Gasteiger partial charge in [0.05, 0.1) is 6.54 Å². The molecule has 0 aromatic carbocycles. The van der Waals surface area contributed by atoms with Crippen molar-refractivity contribution in [2.45, 2.75) is 24.1 Å². The minimum atomic E-state index is 0.431. The molecule has 1 aromatic heterocycles. The molecule has 2 aliphatic heterocycles. The summed E-state index contributed by atoms with van der Waals surface area (Å²) in [5, 5.41) is 0. The van der Waals surface area contributed by atoms with Crippen molar-refractivity contribution in [3.8, 4) is 0 Å². The standard InChI is InChI=1S/C13H18BrNO2S/c14-12-2-1-11(17-12)9-15-5-8-18-13(10-15)3-6-16-7-4-13/h1-2H,3-10H2.